The number of allylic oxidation sites excluding steroid dienone is 1. The van der Waals surface area contributed by atoms with Gasteiger partial charge in [-0.2, -0.15) is 0 Å². The van der Waals surface area contributed by atoms with Crippen molar-refractivity contribution in [3.05, 3.63) is 83.3 Å². The highest BCUT2D eigenvalue weighted by Crippen LogP contribution is 2.65. The number of piperazine rings is 1. The van der Waals surface area contributed by atoms with E-state index in [9.17, 15) is 9.90 Å². The predicted octanol–water partition coefficient (Wildman–Crippen LogP) is 9.38. The lowest BCUT2D eigenvalue weighted by atomic mass is 9.55. The number of esters is 1. The molecule has 10 unspecified atom stereocenters. The summed E-state index contributed by atoms with van der Waals surface area (Å²) in [6.07, 6.45) is 18.5. The normalized spacial score (nSPS) is 33.8. The fourth-order valence-electron chi connectivity index (χ4n) is 12.2. The third kappa shape index (κ3) is 7.17. The monoisotopic (exact) mass is 722 g/mol. The van der Waals surface area contributed by atoms with Gasteiger partial charge in [0.05, 0.1) is 17.9 Å². The number of carbonyl (C=O) groups excluding carboxylic acids is 1. The minimum atomic E-state index is -0.312. The van der Waals surface area contributed by atoms with Gasteiger partial charge in [0.15, 0.2) is 0 Å². The Morgan fingerprint density at radius 3 is 2.34 bits per heavy atom. The number of methoxy groups -OCH3 is 1. The van der Waals surface area contributed by atoms with E-state index >= 15 is 0 Å². The summed E-state index contributed by atoms with van der Waals surface area (Å²) in [5.41, 5.74) is 4.25. The second kappa shape index (κ2) is 16.2. The van der Waals surface area contributed by atoms with Gasteiger partial charge in [-0.15, -0.1) is 0 Å². The summed E-state index contributed by atoms with van der Waals surface area (Å²) in [4.78, 5) is 18.1. The number of ether oxygens (including phenoxy) is 3. The lowest BCUT2D eigenvalue weighted by Crippen LogP contribution is -2.60. The van der Waals surface area contributed by atoms with Gasteiger partial charge in [-0.3, -0.25) is 4.90 Å². The second-order valence-electron chi connectivity index (χ2n) is 17.0. The summed E-state index contributed by atoms with van der Waals surface area (Å²) in [6.45, 7) is 8.53. The summed E-state index contributed by atoms with van der Waals surface area (Å²) < 4.78 is 18.6. The summed E-state index contributed by atoms with van der Waals surface area (Å²) in [5.74, 6) is 4.99. The van der Waals surface area contributed by atoms with Crippen molar-refractivity contribution in [1.29, 1.82) is 0 Å². The van der Waals surface area contributed by atoms with Gasteiger partial charge in [0.25, 0.3) is 0 Å². The molecule has 10 atom stereocenters. The molecule has 0 bridgehead atoms. The van der Waals surface area contributed by atoms with Crippen molar-refractivity contribution in [1.82, 2.24) is 4.90 Å². The van der Waals surface area contributed by atoms with Crippen molar-refractivity contribution in [2.24, 2.45) is 41.4 Å². The fourth-order valence-corrected chi connectivity index (χ4v) is 12.2. The summed E-state index contributed by atoms with van der Waals surface area (Å²) in [7, 11) is 1.90. The van der Waals surface area contributed by atoms with Gasteiger partial charge in [-0.25, -0.2) is 4.79 Å². The number of hydrogen-bond donors (Lipinski definition) is 1. The number of aliphatic hydroxyl groups is 1. The van der Waals surface area contributed by atoms with E-state index in [-0.39, 0.29) is 18.2 Å². The Bertz CT molecular complexity index is 1610. The molecule has 2 heterocycles. The first-order valence-corrected chi connectivity index (χ1v) is 21.2. The molecule has 7 nitrogen and oxygen atoms in total. The van der Waals surface area contributed by atoms with E-state index in [1.807, 2.05) is 37.5 Å². The third-order valence-corrected chi connectivity index (χ3v) is 14.6. The van der Waals surface area contributed by atoms with E-state index < -0.39 is 0 Å². The molecule has 5 fully saturated rings. The van der Waals surface area contributed by atoms with Gasteiger partial charge in [0.2, 0.25) is 0 Å². The molecule has 2 aliphatic heterocycles. The van der Waals surface area contributed by atoms with Crippen molar-refractivity contribution in [3.8, 4) is 5.75 Å². The smallest absolute Gasteiger partial charge is 0.343 e. The quantitative estimate of drug-likeness (QED) is 0.141. The lowest BCUT2D eigenvalue weighted by Gasteiger charge is -2.56. The number of aryl methyl sites for hydroxylation is 1. The Morgan fingerprint density at radius 2 is 1.62 bits per heavy atom. The van der Waals surface area contributed by atoms with Crippen LogP contribution in [0.15, 0.2) is 72.2 Å². The van der Waals surface area contributed by atoms with Crippen molar-refractivity contribution >= 4 is 11.7 Å². The first-order valence-electron chi connectivity index (χ1n) is 21.2. The van der Waals surface area contributed by atoms with Crippen LogP contribution < -0.4 is 9.64 Å². The molecule has 286 valence electrons. The number of rotatable bonds is 11. The Balaban J connectivity index is 0.907. The van der Waals surface area contributed by atoms with Crippen molar-refractivity contribution in [2.75, 3.05) is 38.2 Å². The summed E-state index contributed by atoms with van der Waals surface area (Å²) >= 11 is 0. The predicted molar refractivity (Wildman–Crippen MR) is 210 cm³/mol. The second-order valence-corrected chi connectivity index (χ2v) is 17.0. The van der Waals surface area contributed by atoms with Crippen LogP contribution in [-0.4, -0.2) is 67.5 Å². The zero-order valence-corrected chi connectivity index (χ0v) is 32.3. The van der Waals surface area contributed by atoms with Crippen LogP contribution in [0.2, 0.25) is 0 Å². The van der Waals surface area contributed by atoms with Crippen molar-refractivity contribution < 1.29 is 24.1 Å². The molecule has 0 aromatic heterocycles. The van der Waals surface area contributed by atoms with Crippen LogP contribution in [0.25, 0.3) is 0 Å². The largest absolute Gasteiger partial charge is 0.508 e. The molecular formula is C46H62N2O5. The molecule has 53 heavy (non-hydrogen) atoms. The maximum Gasteiger partial charge on any atom is 0.343 e. The van der Waals surface area contributed by atoms with Crippen LogP contribution in [-0.2, 0) is 15.9 Å². The molecular weight excluding hydrogens is 661 g/mol. The van der Waals surface area contributed by atoms with E-state index in [1.165, 1.54) is 74.6 Å². The fraction of sp³-hybridized carbons (Fsp3) is 0.630. The summed E-state index contributed by atoms with van der Waals surface area (Å²) in [6, 6.07) is 16.3. The number of aliphatic hydroxyl groups excluding tert-OH is 1. The van der Waals surface area contributed by atoms with Crippen LogP contribution in [0, 0.1) is 41.4 Å². The minimum Gasteiger partial charge on any atom is -0.508 e. The van der Waals surface area contributed by atoms with Crippen LogP contribution in [0.1, 0.15) is 100 Å². The molecule has 4 saturated carbocycles. The van der Waals surface area contributed by atoms with Gasteiger partial charge in [-0.05, 0) is 116 Å². The highest BCUT2D eigenvalue weighted by Gasteiger charge is 2.63. The van der Waals surface area contributed by atoms with E-state index in [1.54, 1.807) is 6.26 Å². The highest BCUT2D eigenvalue weighted by molar-refractivity contribution is 5.91. The Hall–Kier alpha value is -3.29. The maximum absolute atomic E-state index is 12.9. The maximum atomic E-state index is 12.9. The van der Waals surface area contributed by atoms with Gasteiger partial charge in [0, 0.05) is 62.6 Å². The van der Waals surface area contributed by atoms with E-state index in [0.717, 1.165) is 57.3 Å². The van der Waals surface area contributed by atoms with Gasteiger partial charge in [0.1, 0.15) is 17.6 Å². The average Bonchev–Trinajstić information content (AvgIpc) is 3.54. The Kier molecular flexibility index (Phi) is 11.2. The molecule has 7 heteroatoms. The van der Waals surface area contributed by atoms with E-state index in [4.69, 9.17) is 14.2 Å². The number of hydrogen-bond acceptors (Lipinski definition) is 7. The third-order valence-electron chi connectivity index (χ3n) is 14.6. The SMILES string of the molecule is CCCCCCc1ccc(C(=O)Oc2ccc(N3CCN(C4CC5C(CC4OC)C4OC=CC(O)=C4C4C(CC)C6CCCCC6C54)CC3)cc2)cc1. The van der Waals surface area contributed by atoms with Crippen molar-refractivity contribution in [3.63, 3.8) is 0 Å². The molecule has 0 spiro atoms. The Morgan fingerprint density at radius 1 is 0.868 bits per heavy atom. The van der Waals surface area contributed by atoms with E-state index in [0.29, 0.717) is 52.7 Å². The number of carbonyl (C=O) groups is 1. The molecule has 0 radical (unpaired) electrons. The molecule has 1 saturated heterocycles. The van der Waals surface area contributed by atoms with Crippen LogP contribution in [0.3, 0.4) is 0 Å². The number of anilines is 1. The average molecular weight is 723 g/mol. The number of benzene rings is 2. The standard InChI is InChI=1S/C46H62N2O5/c1-4-6-7-8-11-30-14-16-31(17-15-30)46(50)53-33-20-18-32(19-21-33)47-23-25-48(26-24-47)39-28-37-38(29-41(39)51-3)45-44(40(49)22-27-52-45)43-34(5-2)35-12-9-10-13-36(35)42(37)43/h14-22,27,34-39,41-43,45,49H,4-13,23-26,28-29H2,1-3H3. The van der Waals surface area contributed by atoms with Crippen LogP contribution >= 0.6 is 0 Å². The van der Waals surface area contributed by atoms with E-state index in [2.05, 4.69) is 47.9 Å². The lowest BCUT2D eigenvalue weighted by molar-refractivity contribution is -0.107. The number of unbranched alkanes of at least 4 members (excludes halogenated alkanes) is 3. The van der Waals surface area contributed by atoms with Gasteiger partial charge in [-0.1, -0.05) is 64.5 Å². The summed E-state index contributed by atoms with van der Waals surface area (Å²) in [5, 5.41) is 11.4. The molecule has 8 rings (SSSR count). The molecule has 0 amide bonds. The molecule has 6 aliphatic rings. The molecule has 1 N–H and O–H groups in total. The highest BCUT2D eigenvalue weighted by atomic mass is 16.5. The number of fused-ring (bicyclic) bond motifs is 8. The van der Waals surface area contributed by atoms with Crippen LogP contribution in [0.4, 0.5) is 5.69 Å². The van der Waals surface area contributed by atoms with Gasteiger partial charge < -0.3 is 24.2 Å². The first-order chi connectivity index (χ1) is 26.0. The topological polar surface area (TPSA) is 71.5 Å². The first kappa shape index (κ1) is 36.7. The minimum absolute atomic E-state index is 0.0243. The Labute approximate surface area is 317 Å². The molecule has 2 aromatic carbocycles. The van der Waals surface area contributed by atoms with Crippen LogP contribution in [0.5, 0.6) is 5.75 Å². The van der Waals surface area contributed by atoms with Gasteiger partial charge >= 0.3 is 5.97 Å². The zero-order valence-electron chi connectivity index (χ0n) is 32.3. The van der Waals surface area contributed by atoms with Crippen molar-refractivity contribution in [2.45, 2.75) is 109 Å². The molecule has 4 aliphatic carbocycles. The molecule has 2 aromatic rings. The zero-order chi connectivity index (χ0) is 36.5. The number of nitrogens with zero attached hydrogens (tertiary/aromatic N) is 2.